The van der Waals surface area contributed by atoms with Crippen LogP contribution >= 0.6 is 0 Å². The highest BCUT2D eigenvalue weighted by Gasteiger charge is 2.25. The van der Waals surface area contributed by atoms with E-state index in [4.69, 9.17) is 9.47 Å². The number of aliphatic hydroxyl groups is 1. The molecule has 118 valence electrons. The molecule has 3 atom stereocenters. The fourth-order valence-electron chi connectivity index (χ4n) is 2.96. The van der Waals surface area contributed by atoms with Crippen LogP contribution in [0.2, 0.25) is 0 Å². The highest BCUT2D eigenvalue weighted by molar-refractivity contribution is 5.41. The molecule has 1 aromatic carbocycles. The fraction of sp³-hybridized carbons (Fsp3) is 0.647. The van der Waals surface area contributed by atoms with E-state index in [1.165, 1.54) is 6.42 Å². The number of rotatable bonds is 5. The highest BCUT2D eigenvalue weighted by atomic mass is 16.5. The first-order valence-corrected chi connectivity index (χ1v) is 7.67. The normalized spacial score (nSPS) is 24.6. The van der Waals surface area contributed by atoms with Gasteiger partial charge < -0.3 is 19.5 Å². The molecule has 4 heteroatoms. The second-order valence-corrected chi connectivity index (χ2v) is 6.13. The first-order valence-electron chi connectivity index (χ1n) is 7.67. The third-order valence-corrected chi connectivity index (χ3v) is 4.65. The summed E-state index contributed by atoms with van der Waals surface area (Å²) in [6.07, 6.45) is 0.638. The van der Waals surface area contributed by atoms with E-state index in [1.54, 1.807) is 14.2 Å². The monoisotopic (exact) mass is 293 g/mol. The molecule has 1 heterocycles. The van der Waals surface area contributed by atoms with Gasteiger partial charge in [0.25, 0.3) is 0 Å². The second-order valence-electron chi connectivity index (χ2n) is 6.13. The Morgan fingerprint density at radius 1 is 1.24 bits per heavy atom. The van der Waals surface area contributed by atoms with Gasteiger partial charge in [0, 0.05) is 18.7 Å². The van der Waals surface area contributed by atoms with Crippen molar-refractivity contribution in [2.75, 3.05) is 33.9 Å². The summed E-state index contributed by atoms with van der Waals surface area (Å²) in [5.74, 6) is 2.90. The van der Waals surface area contributed by atoms with E-state index >= 15 is 0 Å². The summed E-state index contributed by atoms with van der Waals surface area (Å²) in [5, 5.41) is 10.6. The third kappa shape index (κ3) is 3.89. The van der Waals surface area contributed by atoms with E-state index in [1.807, 2.05) is 18.2 Å². The Labute approximate surface area is 127 Å². The molecule has 1 aromatic rings. The Bertz CT molecular complexity index is 463. The summed E-state index contributed by atoms with van der Waals surface area (Å²) >= 11 is 0. The maximum absolute atomic E-state index is 10.6. The smallest absolute Gasteiger partial charge is 0.124 e. The maximum Gasteiger partial charge on any atom is 0.124 e. The van der Waals surface area contributed by atoms with Gasteiger partial charge in [-0.25, -0.2) is 0 Å². The number of nitrogens with zero attached hydrogens (tertiary/aromatic N) is 1. The highest BCUT2D eigenvalue weighted by Crippen LogP contribution is 2.31. The number of methoxy groups -OCH3 is 2. The van der Waals surface area contributed by atoms with Crippen molar-refractivity contribution in [1.29, 1.82) is 0 Å². The molecule has 1 saturated heterocycles. The summed E-state index contributed by atoms with van der Waals surface area (Å²) in [7, 11) is 3.26. The molecule has 0 bridgehead atoms. The van der Waals surface area contributed by atoms with Crippen LogP contribution in [0.4, 0.5) is 0 Å². The van der Waals surface area contributed by atoms with Crippen molar-refractivity contribution in [3.05, 3.63) is 23.8 Å². The molecule has 1 fully saturated rings. The Morgan fingerprint density at radius 3 is 2.62 bits per heavy atom. The molecule has 21 heavy (non-hydrogen) atoms. The average molecular weight is 293 g/mol. The summed E-state index contributed by atoms with van der Waals surface area (Å²) in [4.78, 5) is 2.34. The SMILES string of the molecule is COc1ccc(OC)c(C(O)CN2CCC(C)C(C)C2)c1. The van der Waals surface area contributed by atoms with Gasteiger partial charge in [0.05, 0.1) is 20.3 Å². The van der Waals surface area contributed by atoms with Crippen LogP contribution in [0.25, 0.3) is 0 Å². The molecule has 0 spiro atoms. The fourth-order valence-corrected chi connectivity index (χ4v) is 2.96. The van der Waals surface area contributed by atoms with E-state index in [0.29, 0.717) is 18.2 Å². The first kappa shape index (κ1) is 16.1. The summed E-state index contributed by atoms with van der Waals surface area (Å²) < 4.78 is 10.6. The number of benzene rings is 1. The topological polar surface area (TPSA) is 41.9 Å². The zero-order valence-electron chi connectivity index (χ0n) is 13.5. The van der Waals surface area contributed by atoms with E-state index in [2.05, 4.69) is 18.7 Å². The zero-order valence-corrected chi connectivity index (χ0v) is 13.5. The van der Waals surface area contributed by atoms with Crippen LogP contribution in [0.15, 0.2) is 18.2 Å². The number of hydrogen-bond acceptors (Lipinski definition) is 4. The van der Waals surface area contributed by atoms with Gasteiger partial charge in [0.15, 0.2) is 0 Å². The molecular formula is C17H27NO3. The Hall–Kier alpha value is -1.26. The van der Waals surface area contributed by atoms with Crippen molar-refractivity contribution in [3.63, 3.8) is 0 Å². The molecule has 3 unspecified atom stereocenters. The van der Waals surface area contributed by atoms with Crippen LogP contribution in [0.1, 0.15) is 31.9 Å². The minimum Gasteiger partial charge on any atom is -0.497 e. The molecule has 0 radical (unpaired) electrons. The van der Waals surface area contributed by atoms with Gasteiger partial charge in [-0.15, -0.1) is 0 Å². The average Bonchev–Trinajstić information content (AvgIpc) is 2.50. The molecule has 1 aliphatic rings. The minimum absolute atomic E-state index is 0.560. The van der Waals surface area contributed by atoms with E-state index < -0.39 is 6.10 Å². The van der Waals surface area contributed by atoms with Crippen molar-refractivity contribution in [2.45, 2.75) is 26.4 Å². The molecule has 0 aromatic heterocycles. The van der Waals surface area contributed by atoms with Crippen LogP contribution in [0, 0.1) is 11.8 Å². The largest absolute Gasteiger partial charge is 0.497 e. The van der Waals surface area contributed by atoms with Crippen molar-refractivity contribution in [2.24, 2.45) is 11.8 Å². The predicted octanol–water partition coefficient (Wildman–Crippen LogP) is 2.72. The number of hydrogen-bond donors (Lipinski definition) is 1. The quantitative estimate of drug-likeness (QED) is 0.906. The molecule has 0 saturated carbocycles. The van der Waals surface area contributed by atoms with E-state index in [-0.39, 0.29) is 0 Å². The van der Waals surface area contributed by atoms with Crippen LogP contribution in [-0.4, -0.2) is 43.9 Å². The molecule has 4 nitrogen and oxygen atoms in total. The third-order valence-electron chi connectivity index (χ3n) is 4.65. The number of β-amino-alcohol motifs (C(OH)–C–C–N with tert-alkyl or cyclic N) is 1. The van der Waals surface area contributed by atoms with Gasteiger partial charge in [-0.3, -0.25) is 0 Å². The molecule has 1 N–H and O–H groups in total. The molecular weight excluding hydrogens is 266 g/mol. The molecule has 2 rings (SSSR count). The zero-order chi connectivity index (χ0) is 15.4. The van der Waals surface area contributed by atoms with Crippen molar-refractivity contribution < 1.29 is 14.6 Å². The number of piperidine rings is 1. The molecule has 0 amide bonds. The minimum atomic E-state index is -0.560. The number of ether oxygens (including phenoxy) is 2. The summed E-state index contributed by atoms with van der Waals surface area (Å²) in [6.45, 7) is 7.33. The van der Waals surface area contributed by atoms with Crippen LogP contribution in [0.3, 0.4) is 0 Å². The van der Waals surface area contributed by atoms with Crippen LogP contribution in [0.5, 0.6) is 11.5 Å². The predicted molar refractivity (Wildman–Crippen MR) is 83.9 cm³/mol. The van der Waals surface area contributed by atoms with Gasteiger partial charge >= 0.3 is 0 Å². The first-order chi connectivity index (χ1) is 10.0. The Morgan fingerprint density at radius 2 is 2.00 bits per heavy atom. The maximum atomic E-state index is 10.6. The molecule has 0 aliphatic carbocycles. The van der Waals surface area contributed by atoms with Crippen LogP contribution in [-0.2, 0) is 0 Å². The summed E-state index contributed by atoms with van der Waals surface area (Å²) in [6, 6.07) is 5.55. The van der Waals surface area contributed by atoms with Gasteiger partial charge in [-0.2, -0.15) is 0 Å². The second kappa shape index (κ2) is 7.14. The van der Waals surface area contributed by atoms with Crippen molar-refractivity contribution in [3.8, 4) is 11.5 Å². The van der Waals surface area contributed by atoms with E-state index in [0.717, 1.165) is 30.3 Å². The van der Waals surface area contributed by atoms with E-state index in [9.17, 15) is 5.11 Å². The summed E-state index contributed by atoms with van der Waals surface area (Å²) in [5.41, 5.74) is 0.795. The number of aliphatic hydroxyl groups excluding tert-OH is 1. The standard InChI is InChI=1S/C17H27NO3/c1-12-7-8-18(10-13(12)2)11-16(19)15-9-14(20-3)5-6-17(15)21-4/h5-6,9,12-13,16,19H,7-8,10-11H2,1-4H3. The molecule has 1 aliphatic heterocycles. The van der Waals surface area contributed by atoms with Crippen molar-refractivity contribution >= 4 is 0 Å². The Kier molecular flexibility index (Phi) is 5.48. The lowest BCUT2D eigenvalue weighted by atomic mass is 9.88. The van der Waals surface area contributed by atoms with Crippen LogP contribution < -0.4 is 9.47 Å². The van der Waals surface area contributed by atoms with Gasteiger partial charge in [0.2, 0.25) is 0 Å². The van der Waals surface area contributed by atoms with Gasteiger partial charge in [0.1, 0.15) is 11.5 Å². The van der Waals surface area contributed by atoms with Gasteiger partial charge in [-0.05, 0) is 43.0 Å². The lowest BCUT2D eigenvalue weighted by Gasteiger charge is -2.36. The number of likely N-dealkylation sites (tertiary alicyclic amines) is 1. The van der Waals surface area contributed by atoms with Crippen molar-refractivity contribution in [1.82, 2.24) is 4.90 Å². The Balaban J connectivity index is 2.07. The lowest BCUT2D eigenvalue weighted by molar-refractivity contribution is 0.0691. The van der Waals surface area contributed by atoms with Gasteiger partial charge in [-0.1, -0.05) is 13.8 Å². The lowest BCUT2D eigenvalue weighted by Crippen LogP contribution is -2.40.